The number of amides is 1. The molecule has 19 heavy (non-hydrogen) atoms. The second kappa shape index (κ2) is 6.68. The summed E-state index contributed by atoms with van der Waals surface area (Å²) >= 11 is 0. The molecular formula is C13H21N3O3. The van der Waals surface area contributed by atoms with Crippen molar-refractivity contribution in [2.45, 2.75) is 20.4 Å². The zero-order valence-corrected chi connectivity index (χ0v) is 11.6. The number of ether oxygens (including phenoxy) is 1. The van der Waals surface area contributed by atoms with Crippen LogP contribution in [0.5, 0.6) is 0 Å². The van der Waals surface area contributed by atoms with Crippen LogP contribution in [-0.2, 0) is 16.1 Å². The number of hydrogen-bond donors (Lipinski definition) is 0. The Morgan fingerprint density at radius 1 is 1.42 bits per heavy atom. The van der Waals surface area contributed by atoms with Crippen LogP contribution in [0.25, 0.3) is 0 Å². The van der Waals surface area contributed by atoms with Crippen molar-refractivity contribution in [3.8, 4) is 0 Å². The fourth-order valence-electron chi connectivity index (χ4n) is 2.15. The predicted molar refractivity (Wildman–Crippen MR) is 69.6 cm³/mol. The number of nitrogens with zero attached hydrogens (tertiary/aromatic N) is 3. The monoisotopic (exact) mass is 267 g/mol. The Kier molecular flexibility index (Phi) is 4.93. The van der Waals surface area contributed by atoms with E-state index in [4.69, 9.17) is 9.26 Å². The van der Waals surface area contributed by atoms with E-state index >= 15 is 0 Å². The lowest BCUT2D eigenvalue weighted by Gasteiger charge is -2.34. The van der Waals surface area contributed by atoms with Gasteiger partial charge in [0.05, 0.1) is 12.2 Å². The van der Waals surface area contributed by atoms with Gasteiger partial charge < -0.3 is 14.2 Å². The van der Waals surface area contributed by atoms with Crippen LogP contribution in [0, 0.1) is 6.92 Å². The highest BCUT2D eigenvalue weighted by atomic mass is 16.5. The van der Waals surface area contributed by atoms with Crippen molar-refractivity contribution in [1.29, 1.82) is 0 Å². The molecule has 2 heterocycles. The summed E-state index contributed by atoms with van der Waals surface area (Å²) in [4.78, 5) is 15.9. The van der Waals surface area contributed by atoms with Gasteiger partial charge in [-0.3, -0.25) is 9.69 Å². The first kappa shape index (κ1) is 14.0. The number of carbonyl (C=O) groups excluding carboxylic acids is 1. The molecule has 1 amide bonds. The Hall–Kier alpha value is -1.40. The van der Waals surface area contributed by atoms with Crippen LogP contribution in [0.2, 0.25) is 0 Å². The lowest BCUT2D eigenvalue weighted by molar-refractivity contribution is -0.137. The van der Waals surface area contributed by atoms with Gasteiger partial charge in [-0.2, -0.15) is 0 Å². The van der Waals surface area contributed by atoms with Crippen LogP contribution >= 0.6 is 0 Å². The highest BCUT2D eigenvalue weighted by molar-refractivity contribution is 5.77. The maximum Gasteiger partial charge on any atom is 0.248 e. The molecule has 0 spiro atoms. The molecule has 1 aliphatic rings. The van der Waals surface area contributed by atoms with E-state index in [1.165, 1.54) is 0 Å². The Bertz CT molecular complexity index is 411. The van der Waals surface area contributed by atoms with Gasteiger partial charge in [-0.15, -0.1) is 0 Å². The molecule has 1 aromatic rings. The fraction of sp³-hybridized carbons (Fsp3) is 0.692. The summed E-state index contributed by atoms with van der Waals surface area (Å²) in [6.45, 7) is 8.55. The molecule has 0 aromatic carbocycles. The number of piperazine rings is 1. The second-order valence-electron chi connectivity index (χ2n) is 4.73. The zero-order valence-electron chi connectivity index (χ0n) is 11.6. The quantitative estimate of drug-likeness (QED) is 0.784. The lowest BCUT2D eigenvalue weighted by Crippen LogP contribution is -2.49. The summed E-state index contributed by atoms with van der Waals surface area (Å²) in [5, 5.41) is 3.88. The lowest BCUT2D eigenvalue weighted by atomic mass is 10.3. The van der Waals surface area contributed by atoms with Gasteiger partial charge >= 0.3 is 0 Å². The van der Waals surface area contributed by atoms with Crippen LogP contribution in [0.3, 0.4) is 0 Å². The van der Waals surface area contributed by atoms with Crippen molar-refractivity contribution in [1.82, 2.24) is 15.0 Å². The first-order valence-corrected chi connectivity index (χ1v) is 6.69. The molecule has 0 unspecified atom stereocenters. The highest BCUT2D eigenvalue weighted by Gasteiger charge is 2.21. The van der Waals surface area contributed by atoms with E-state index in [0.29, 0.717) is 6.61 Å². The average Bonchev–Trinajstić information content (AvgIpc) is 2.82. The van der Waals surface area contributed by atoms with Gasteiger partial charge in [0.1, 0.15) is 6.61 Å². The van der Waals surface area contributed by atoms with Gasteiger partial charge in [-0.1, -0.05) is 5.16 Å². The van der Waals surface area contributed by atoms with Crippen LogP contribution in [-0.4, -0.2) is 60.3 Å². The van der Waals surface area contributed by atoms with Crippen molar-refractivity contribution in [2.24, 2.45) is 0 Å². The summed E-state index contributed by atoms with van der Waals surface area (Å²) in [6, 6.07) is 1.95. The Morgan fingerprint density at radius 3 is 2.74 bits per heavy atom. The molecule has 1 saturated heterocycles. The standard InChI is InChI=1S/C13H21N3O3/c1-3-18-10-13(17)16-6-4-15(5-7-16)9-12-8-11(2)14-19-12/h8H,3-7,9-10H2,1-2H3. The van der Waals surface area contributed by atoms with Gasteiger partial charge in [0, 0.05) is 38.9 Å². The third kappa shape index (κ3) is 4.04. The van der Waals surface area contributed by atoms with E-state index < -0.39 is 0 Å². The zero-order chi connectivity index (χ0) is 13.7. The molecule has 0 N–H and O–H groups in total. The molecule has 1 aromatic heterocycles. The molecule has 0 saturated carbocycles. The van der Waals surface area contributed by atoms with E-state index in [1.54, 1.807) is 0 Å². The fourth-order valence-corrected chi connectivity index (χ4v) is 2.15. The van der Waals surface area contributed by atoms with Gasteiger partial charge in [0.15, 0.2) is 5.76 Å². The van der Waals surface area contributed by atoms with Gasteiger partial charge in [-0.05, 0) is 13.8 Å². The van der Waals surface area contributed by atoms with Gasteiger partial charge in [0.2, 0.25) is 5.91 Å². The Morgan fingerprint density at radius 2 is 2.16 bits per heavy atom. The van der Waals surface area contributed by atoms with Crippen molar-refractivity contribution in [3.05, 3.63) is 17.5 Å². The molecule has 2 rings (SSSR count). The molecule has 0 aliphatic carbocycles. The average molecular weight is 267 g/mol. The summed E-state index contributed by atoms with van der Waals surface area (Å²) in [5.41, 5.74) is 0.903. The van der Waals surface area contributed by atoms with Crippen molar-refractivity contribution in [2.75, 3.05) is 39.4 Å². The van der Waals surface area contributed by atoms with E-state index in [0.717, 1.165) is 44.2 Å². The molecular weight excluding hydrogens is 246 g/mol. The minimum absolute atomic E-state index is 0.0806. The third-order valence-electron chi connectivity index (χ3n) is 3.21. The minimum Gasteiger partial charge on any atom is -0.372 e. The van der Waals surface area contributed by atoms with Crippen molar-refractivity contribution < 1.29 is 14.1 Å². The summed E-state index contributed by atoms with van der Waals surface area (Å²) in [6.07, 6.45) is 0. The van der Waals surface area contributed by atoms with Crippen LogP contribution in [0.1, 0.15) is 18.4 Å². The third-order valence-corrected chi connectivity index (χ3v) is 3.21. The van der Waals surface area contributed by atoms with Crippen molar-refractivity contribution in [3.63, 3.8) is 0 Å². The highest BCUT2D eigenvalue weighted by Crippen LogP contribution is 2.09. The van der Waals surface area contributed by atoms with E-state index in [1.807, 2.05) is 24.8 Å². The smallest absolute Gasteiger partial charge is 0.248 e. The first-order chi connectivity index (χ1) is 9.19. The van der Waals surface area contributed by atoms with Gasteiger partial charge in [-0.25, -0.2) is 0 Å². The van der Waals surface area contributed by atoms with Crippen LogP contribution in [0.4, 0.5) is 0 Å². The molecule has 106 valence electrons. The maximum atomic E-state index is 11.8. The minimum atomic E-state index is 0.0806. The largest absolute Gasteiger partial charge is 0.372 e. The number of hydrogen-bond acceptors (Lipinski definition) is 5. The van der Waals surface area contributed by atoms with E-state index in [9.17, 15) is 4.79 Å². The topological polar surface area (TPSA) is 58.8 Å². The van der Waals surface area contributed by atoms with E-state index in [2.05, 4.69) is 10.1 Å². The Balaban J connectivity index is 1.74. The van der Waals surface area contributed by atoms with Crippen LogP contribution < -0.4 is 0 Å². The maximum absolute atomic E-state index is 11.8. The molecule has 1 fully saturated rings. The van der Waals surface area contributed by atoms with E-state index in [-0.39, 0.29) is 12.5 Å². The first-order valence-electron chi connectivity index (χ1n) is 6.69. The predicted octanol–water partition coefficient (Wildman–Crippen LogP) is 0.664. The summed E-state index contributed by atoms with van der Waals surface area (Å²) in [7, 11) is 0. The number of aryl methyl sites for hydroxylation is 1. The number of rotatable bonds is 5. The molecule has 0 radical (unpaired) electrons. The van der Waals surface area contributed by atoms with Crippen molar-refractivity contribution >= 4 is 5.91 Å². The molecule has 0 atom stereocenters. The second-order valence-corrected chi connectivity index (χ2v) is 4.73. The Labute approximate surface area is 113 Å². The van der Waals surface area contributed by atoms with Gasteiger partial charge in [0.25, 0.3) is 0 Å². The number of carbonyl (C=O) groups is 1. The molecule has 6 nitrogen and oxygen atoms in total. The normalized spacial score (nSPS) is 16.8. The number of aromatic nitrogens is 1. The molecule has 0 bridgehead atoms. The molecule has 1 aliphatic heterocycles. The summed E-state index contributed by atoms with van der Waals surface area (Å²) in [5.74, 6) is 0.962. The summed E-state index contributed by atoms with van der Waals surface area (Å²) < 4.78 is 10.3. The SMILES string of the molecule is CCOCC(=O)N1CCN(Cc2cc(C)no2)CC1. The molecule has 6 heteroatoms. The van der Waals surface area contributed by atoms with Crippen LogP contribution in [0.15, 0.2) is 10.6 Å².